The lowest BCUT2D eigenvalue weighted by atomic mass is 10.1. The lowest BCUT2D eigenvalue weighted by Gasteiger charge is -2.09. The summed E-state index contributed by atoms with van der Waals surface area (Å²) in [6, 6.07) is 8.80. The van der Waals surface area contributed by atoms with Crippen LogP contribution >= 0.6 is 11.6 Å². The third-order valence-corrected chi connectivity index (χ3v) is 3.60. The number of halogens is 2. The molecule has 2 rings (SSSR count). The molecule has 2 aromatic rings. The second-order valence-electron chi connectivity index (χ2n) is 5.05. The Labute approximate surface area is 138 Å². The second-order valence-corrected chi connectivity index (χ2v) is 5.45. The number of anilines is 1. The van der Waals surface area contributed by atoms with Crippen molar-refractivity contribution < 1.29 is 18.7 Å². The van der Waals surface area contributed by atoms with Crippen molar-refractivity contribution in [1.29, 1.82) is 0 Å². The van der Waals surface area contributed by atoms with Gasteiger partial charge < -0.3 is 10.1 Å². The van der Waals surface area contributed by atoms with Crippen LogP contribution in [0.2, 0.25) is 5.02 Å². The van der Waals surface area contributed by atoms with Gasteiger partial charge in [0.2, 0.25) is 0 Å². The van der Waals surface area contributed by atoms with Crippen molar-refractivity contribution in [2.75, 3.05) is 11.9 Å². The van der Waals surface area contributed by atoms with E-state index < -0.39 is 24.3 Å². The van der Waals surface area contributed by atoms with Gasteiger partial charge in [-0.3, -0.25) is 4.79 Å². The summed E-state index contributed by atoms with van der Waals surface area (Å²) in [6.07, 6.45) is 0. The molecule has 0 aliphatic carbocycles. The Hall–Kier alpha value is -2.40. The van der Waals surface area contributed by atoms with Gasteiger partial charge in [0.05, 0.1) is 10.6 Å². The zero-order chi connectivity index (χ0) is 17.0. The Balaban J connectivity index is 1.94. The highest BCUT2D eigenvalue weighted by atomic mass is 35.5. The quantitative estimate of drug-likeness (QED) is 0.862. The van der Waals surface area contributed by atoms with E-state index in [1.807, 2.05) is 26.0 Å². The largest absolute Gasteiger partial charge is 0.452 e. The van der Waals surface area contributed by atoms with Crippen molar-refractivity contribution in [1.82, 2.24) is 0 Å². The zero-order valence-corrected chi connectivity index (χ0v) is 13.4. The number of rotatable bonds is 4. The lowest BCUT2D eigenvalue weighted by molar-refractivity contribution is -0.119. The first-order valence-corrected chi connectivity index (χ1v) is 7.24. The molecule has 1 N–H and O–H groups in total. The average Bonchev–Trinajstić information content (AvgIpc) is 2.51. The first-order chi connectivity index (χ1) is 10.9. The molecule has 0 heterocycles. The normalized spacial score (nSPS) is 10.3. The van der Waals surface area contributed by atoms with E-state index in [2.05, 4.69) is 5.32 Å². The molecule has 0 aromatic heterocycles. The van der Waals surface area contributed by atoms with E-state index in [1.54, 1.807) is 6.07 Å². The first kappa shape index (κ1) is 17.0. The van der Waals surface area contributed by atoms with Crippen LogP contribution in [-0.2, 0) is 9.53 Å². The highest BCUT2D eigenvalue weighted by Gasteiger charge is 2.15. The fourth-order valence-corrected chi connectivity index (χ4v) is 2.07. The number of hydrogen-bond donors (Lipinski definition) is 1. The standard InChI is InChI=1S/C17H15ClFNO3/c1-10-3-5-13(7-11(10)2)20-16(21)9-23-17(22)14-8-12(19)4-6-15(14)18/h3-8H,9H2,1-2H3,(H,20,21). The van der Waals surface area contributed by atoms with Crippen LogP contribution in [0.5, 0.6) is 0 Å². The molecule has 0 radical (unpaired) electrons. The molecule has 120 valence electrons. The van der Waals surface area contributed by atoms with Crippen LogP contribution in [0.25, 0.3) is 0 Å². The molecule has 0 fully saturated rings. The van der Waals surface area contributed by atoms with E-state index >= 15 is 0 Å². The summed E-state index contributed by atoms with van der Waals surface area (Å²) in [5.41, 5.74) is 2.63. The summed E-state index contributed by atoms with van der Waals surface area (Å²) < 4.78 is 18.0. The molecule has 0 spiro atoms. The van der Waals surface area contributed by atoms with E-state index in [0.717, 1.165) is 23.3 Å². The first-order valence-electron chi connectivity index (χ1n) is 6.86. The highest BCUT2D eigenvalue weighted by molar-refractivity contribution is 6.33. The number of carbonyl (C=O) groups is 2. The molecule has 0 saturated carbocycles. The second kappa shape index (κ2) is 7.24. The molecular formula is C17H15ClFNO3. The predicted molar refractivity (Wildman–Crippen MR) is 86.2 cm³/mol. The van der Waals surface area contributed by atoms with Gasteiger partial charge in [0.1, 0.15) is 5.82 Å². The predicted octanol–water partition coefficient (Wildman–Crippen LogP) is 3.89. The van der Waals surface area contributed by atoms with Crippen LogP contribution in [0, 0.1) is 19.7 Å². The summed E-state index contributed by atoms with van der Waals surface area (Å²) in [5, 5.41) is 2.68. The molecule has 4 nitrogen and oxygen atoms in total. The van der Waals surface area contributed by atoms with E-state index in [0.29, 0.717) is 5.69 Å². The molecule has 0 aliphatic rings. The molecule has 23 heavy (non-hydrogen) atoms. The minimum absolute atomic E-state index is 0.0611. The van der Waals surface area contributed by atoms with Crippen LogP contribution in [0.15, 0.2) is 36.4 Å². The molecule has 0 atom stereocenters. The average molecular weight is 336 g/mol. The van der Waals surface area contributed by atoms with Crippen molar-refractivity contribution in [2.45, 2.75) is 13.8 Å². The van der Waals surface area contributed by atoms with Gasteiger partial charge >= 0.3 is 5.97 Å². The van der Waals surface area contributed by atoms with Gasteiger partial charge in [-0.1, -0.05) is 17.7 Å². The molecule has 0 bridgehead atoms. The van der Waals surface area contributed by atoms with E-state index in [9.17, 15) is 14.0 Å². The molecule has 0 aliphatic heterocycles. The Morgan fingerprint density at radius 2 is 1.87 bits per heavy atom. The maximum atomic E-state index is 13.1. The van der Waals surface area contributed by atoms with Gasteiger partial charge in [-0.05, 0) is 55.3 Å². The maximum Gasteiger partial charge on any atom is 0.340 e. The minimum Gasteiger partial charge on any atom is -0.452 e. The Bertz CT molecular complexity index is 761. The minimum atomic E-state index is -0.857. The number of nitrogens with one attached hydrogen (secondary N) is 1. The summed E-state index contributed by atoms with van der Waals surface area (Å²) in [5.74, 6) is -1.96. The molecule has 0 unspecified atom stereocenters. The number of carbonyl (C=O) groups excluding carboxylic acids is 2. The fraction of sp³-hybridized carbons (Fsp3) is 0.176. The van der Waals surface area contributed by atoms with Crippen LogP contribution in [0.4, 0.5) is 10.1 Å². The van der Waals surface area contributed by atoms with E-state index in [-0.39, 0.29) is 10.6 Å². The molecule has 0 saturated heterocycles. The SMILES string of the molecule is Cc1ccc(NC(=O)COC(=O)c2cc(F)ccc2Cl)cc1C. The van der Waals surface area contributed by atoms with Gasteiger partial charge in [-0.2, -0.15) is 0 Å². The van der Waals surface area contributed by atoms with Crippen molar-refractivity contribution in [3.8, 4) is 0 Å². The van der Waals surface area contributed by atoms with E-state index in [1.165, 1.54) is 6.07 Å². The fourth-order valence-electron chi connectivity index (χ4n) is 1.88. The summed E-state index contributed by atoms with van der Waals surface area (Å²) in [4.78, 5) is 23.6. The van der Waals surface area contributed by atoms with Crippen LogP contribution in [0.1, 0.15) is 21.5 Å². The van der Waals surface area contributed by atoms with Crippen molar-refractivity contribution in [3.63, 3.8) is 0 Å². The van der Waals surface area contributed by atoms with Gasteiger partial charge in [-0.25, -0.2) is 9.18 Å². The van der Waals surface area contributed by atoms with Crippen LogP contribution < -0.4 is 5.32 Å². The highest BCUT2D eigenvalue weighted by Crippen LogP contribution is 2.18. The summed E-state index contributed by atoms with van der Waals surface area (Å²) in [6.45, 7) is 3.40. The monoisotopic (exact) mass is 335 g/mol. The molecule has 1 amide bonds. The smallest absolute Gasteiger partial charge is 0.340 e. The third-order valence-electron chi connectivity index (χ3n) is 3.27. The summed E-state index contributed by atoms with van der Waals surface area (Å²) >= 11 is 5.80. The third kappa shape index (κ3) is 4.53. The molecular weight excluding hydrogens is 321 g/mol. The number of amides is 1. The van der Waals surface area contributed by atoms with Crippen molar-refractivity contribution >= 4 is 29.2 Å². The van der Waals surface area contributed by atoms with Gasteiger partial charge in [0, 0.05) is 5.69 Å². The Morgan fingerprint density at radius 3 is 2.57 bits per heavy atom. The lowest BCUT2D eigenvalue weighted by Crippen LogP contribution is -2.21. The van der Waals surface area contributed by atoms with Gasteiger partial charge in [0.15, 0.2) is 6.61 Å². The maximum absolute atomic E-state index is 13.1. The van der Waals surface area contributed by atoms with Crippen molar-refractivity contribution in [3.05, 3.63) is 63.9 Å². The van der Waals surface area contributed by atoms with Gasteiger partial charge in [0.25, 0.3) is 5.91 Å². The topological polar surface area (TPSA) is 55.4 Å². The summed E-state index contributed by atoms with van der Waals surface area (Å²) in [7, 11) is 0. The zero-order valence-electron chi connectivity index (χ0n) is 12.7. The van der Waals surface area contributed by atoms with Gasteiger partial charge in [-0.15, -0.1) is 0 Å². The van der Waals surface area contributed by atoms with Crippen molar-refractivity contribution in [2.24, 2.45) is 0 Å². The number of benzene rings is 2. The molecule has 2 aromatic carbocycles. The number of aryl methyl sites for hydroxylation is 2. The number of esters is 1. The number of ether oxygens (including phenoxy) is 1. The molecule has 6 heteroatoms. The number of hydrogen-bond acceptors (Lipinski definition) is 3. The Kier molecular flexibility index (Phi) is 5.34. The van der Waals surface area contributed by atoms with Crippen LogP contribution in [-0.4, -0.2) is 18.5 Å². The van der Waals surface area contributed by atoms with E-state index in [4.69, 9.17) is 16.3 Å². The Morgan fingerprint density at radius 1 is 1.13 bits per heavy atom. The van der Waals surface area contributed by atoms with Crippen LogP contribution in [0.3, 0.4) is 0 Å².